The van der Waals surface area contributed by atoms with Crippen LogP contribution in [-0.2, 0) is 11.3 Å². The molecule has 0 saturated carbocycles. The molecular formula is C19H23N7O2. The number of carbonyl (C=O) groups is 1. The summed E-state index contributed by atoms with van der Waals surface area (Å²) in [4.78, 5) is 14.4. The Hall–Kier alpha value is -3.23. The third-order valence-corrected chi connectivity index (χ3v) is 5.25. The highest BCUT2D eigenvalue weighted by atomic mass is 16.5. The summed E-state index contributed by atoms with van der Waals surface area (Å²) < 4.78 is 6.92. The normalized spacial score (nSPS) is 15.0. The number of likely N-dealkylation sites (tertiary alicyclic amines) is 1. The van der Waals surface area contributed by atoms with Crippen LogP contribution in [0.4, 0.5) is 0 Å². The number of rotatable bonds is 6. The number of nitrogens with one attached hydrogen (secondary N) is 1. The van der Waals surface area contributed by atoms with E-state index in [1.807, 2.05) is 29.3 Å². The molecule has 0 unspecified atom stereocenters. The second kappa shape index (κ2) is 8.20. The largest absolute Gasteiger partial charge is 0.497 e. The molecule has 2 aromatic heterocycles. The van der Waals surface area contributed by atoms with Gasteiger partial charge in [-0.1, -0.05) is 12.1 Å². The highest BCUT2D eigenvalue weighted by Crippen LogP contribution is 2.35. The summed E-state index contributed by atoms with van der Waals surface area (Å²) in [5, 5.41) is 18.4. The zero-order chi connectivity index (χ0) is 19.3. The van der Waals surface area contributed by atoms with Gasteiger partial charge in [-0.15, -0.1) is 5.10 Å². The summed E-state index contributed by atoms with van der Waals surface area (Å²) in [6.45, 7) is 2.00. The molecule has 1 aromatic carbocycles. The SMILES string of the molecule is COc1cccc(-c2cn[nH]c2C2CCN(C(=O)CCn3cnnn3)CC2)c1. The zero-order valence-corrected chi connectivity index (χ0v) is 15.8. The van der Waals surface area contributed by atoms with E-state index in [-0.39, 0.29) is 5.91 Å². The maximum absolute atomic E-state index is 12.5. The van der Waals surface area contributed by atoms with E-state index in [4.69, 9.17) is 4.74 Å². The molecule has 3 heterocycles. The molecule has 0 radical (unpaired) electrons. The summed E-state index contributed by atoms with van der Waals surface area (Å²) in [5.74, 6) is 1.33. The second-order valence-corrected chi connectivity index (χ2v) is 6.91. The van der Waals surface area contributed by atoms with Gasteiger partial charge in [-0.2, -0.15) is 5.10 Å². The van der Waals surface area contributed by atoms with Crippen molar-refractivity contribution in [3.63, 3.8) is 0 Å². The van der Waals surface area contributed by atoms with Gasteiger partial charge < -0.3 is 9.64 Å². The number of hydrogen-bond donors (Lipinski definition) is 1. The molecule has 1 aliphatic rings. The molecule has 3 aromatic rings. The first kappa shape index (κ1) is 18.1. The smallest absolute Gasteiger partial charge is 0.224 e. The molecule has 1 amide bonds. The van der Waals surface area contributed by atoms with Crippen LogP contribution in [0.3, 0.4) is 0 Å². The van der Waals surface area contributed by atoms with E-state index >= 15 is 0 Å². The average Bonchev–Trinajstić information content (AvgIpc) is 3.44. The number of nitrogens with zero attached hydrogens (tertiary/aromatic N) is 6. The summed E-state index contributed by atoms with van der Waals surface area (Å²) in [6.07, 6.45) is 5.63. The molecule has 146 valence electrons. The highest BCUT2D eigenvalue weighted by Gasteiger charge is 2.26. The molecule has 0 spiro atoms. The fourth-order valence-corrected chi connectivity index (χ4v) is 3.70. The van der Waals surface area contributed by atoms with Crippen molar-refractivity contribution in [2.24, 2.45) is 0 Å². The number of amides is 1. The van der Waals surface area contributed by atoms with E-state index in [1.165, 1.54) is 6.33 Å². The fourth-order valence-electron chi connectivity index (χ4n) is 3.70. The number of H-pyrrole nitrogens is 1. The van der Waals surface area contributed by atoms with E-state index < -0.39 is 0 Å². The molecule has 28 heavy (non-hydrogen) atoms. The molecule has 1 aliphatic heterocycles. The predicted octanol–water partition coefficient (Wildman–Crippen LogP) is 1.87. The van der Waals surface area contributed by atoms with Crippen molar-refractivity contribution in [1.29, 1.82) is 0 Å². The maximum atomic E-state index is 12.5. The van der Waals surface area contributed by atoms with Gasteiger partial charge in [0.05, 0.1) is 19.9 Å². The summed E-state index contributed by atoms with van der Waals surface area (Å²) in [5.41, 5.74) is 3.32. The quantitative estimate of drug-likeness (QED) is 0.699. The van der Waals surface area contributed by atoms with Crippen molar-refractivity contribution in [3.05, 3.63) is 42.5 Å². The first-order valence-corrected chi connectivity index (χ1v) is 9.41. The van der Waals surface area contributed by atoms with Gasteiger partial charge in [-0.25, -0.2) is 4.68 Å². The minimum absolute atomic E-state index is 0.145. The van der Waals surface area contributed by atoms with Crippen molar-refractivity contribution < 1.29 is 9.53 Å². The Morgan fingerprint density at radius 2 is 2.18 bits per heavy atom. The first-order valence-electron chi connectivity index (χ1n) is 9.41. The molecule has 0 aliphatic carbocycles. The van der Waals surface area contributed by atoms with Crippen LogP contribution in [0.25, 0.3) is 11.1 Å². The van der Waals surface area contributed by atoms with E-state index in [9.17, 15) is 4.79 Å². The molecule has 0 atom stereocenters. The number of aryl methyl sites for hydroxylation is 1. The molecule has 0 bridgehead atoms. The lowest BCUT2D eigenvalue weighted by molar-refractivity contribution is -0.132. The number of carbonyl (C=O) groups excluding carboxylic acids is 1. The Bertz CT molecular complexity index is 914. The number of aromatic nitrogens is 6. The van der Waals surface area contributed by atoms with E-state index in [1.54, 1.807) is 11.8 Å². The molecule has 9 heteroatoms. The standard InChI is InChI=1S/C19H23N7O2/c1-28-16-4-2-3-15(11-16)17-12-20-22-19(17)14-5-8-25(9-6-14)18(27)7-10-26-13-21-23-24-26/h2-4,11-14H,5-10H2,1H3,(H,20,22). The maximum Gasteiger partial charge on any atom is 0.224 e. The number of tetrazole rings is 1. The van der Waals surface area contributed by atoms with Gasteiger partial charge in [0, 0.05) is 36.7 Å². The van der Waals surface area contributed by atoms with Crippen LogP contribution in [0.1, 0.15) is 30.9 Å². The average molecular weight is 381 g/mol. The lowest BCUT2D eigenvalue weighted by atomic mass is 9.89. The number of methoxy groups -OCH3 is 1. The van der Waals surface area contributed by atoms with Gasteiger partial charge in [0.15, 0.2) is 0 Å². The van der Waals surface area contributed by atoms with E-state index in [0.29, 0.717) is 18.9 Å². The van der Waals surface area contributed by atoms with Crippen molar-refractivity contribution >= 4 is 5.91 Å². The van der Waals surface area contributed by atoms with Crippen LogP contribution in [-0.4, -0.2) is 61.4 Å². The van der Waals surface area contributed by atoms with Crippen molar-refractivity contribution in [2.75, 3.05) is 20.2 Å². The van der Waals surface area contributed by atoms with Crippen LogP contribution < -0.4 is 4.74 Å². The Balaban J connectivity index is 1.38. The Kier molecular flexibility index (Phi) is 5.31. The topological polar surface area (TPSA) is 102 Å². The van der Waals surface area contributed by atoms with Gasteiger partial charge in [0.25, 0.3) is 0 Å². The molecule has 1 N–H and O–H groups in total. The monoisotopic (exact) mass is 381 g/mol. The van der Waals surface area contributed by atoms with Crippen LogP contribution in [0.2, 0.25) is 0 Å². The summed E-state index contributed by atoms with van der Waals surface area (Å²) in [7, 11) is 1.67. The van der Waals surface area contributed by atoms with Crippen LogP contribution in [0.5, 0.6) is 5.75 Å². The van der Waals surface area contributed by atoms with Gasteiger partial charge in [0.2, 0.25) is 5.91 Å². The summed E-state index contributed by atoms with van der Waals surface area (Å²) >= 11 is 0. The van der Waals surface area contributed by atoms with Gasteiger partial charge >= 0.3 is 0 Å². The van der Waals surface area contributed by atoms with Crippen molar-refractivity contribution in [2.45, 2.75) is 31.7 Å². The minimum atomic E-state index is 0.145. The molecule has 9 nitrogen and oxygen atoms in total. The number of benzene rings is 1. The number of hydrogen-bond acceptors (Lipinski definition) is 6. The Labute approximate surface area is 162 Å². The van der Waals surface area contributed by atoms with Crippen LogP contribution >= 0.6 is 0 Å². The van der Waals surface area contributed by atoms with Crippen molar-refractivity contribution in [1.82, 2.24) is 35.3 Å². The Morgan fingerprint density at radius 3 is 2.93 bits per heavy atom. The third kappa shape index (κ3) is 3.88. The van der Waals surface area contributed by atoms with Crippen molar-refractivity contribution in [3.8, 4) is 16.9 Å². The molecule has 1 fully saturated rings. The van der Waals surface area contributed by atoms with Gasteiger partial charge in [0.1, 0.15) is 12.1 Å². The zero-order valence-electron chi connectivity index (χ0n) is 15.8. The number of aromatic amines is 1. The minimum Gasteiger partial charge on any atom is -0.497 e. The third-order valence-electron chi connectivity index (χ3n) is 5.25. The number of ether oxygens (including phenoxy) is 1. The van der Waals surface area contributed by atoms with Crippen LogP contribution in [0, 0.1) is 0 Å². The lowest BCUT2D eigenvalue weighted by Gasteiger charge is -2.32. The lowest BCUT2D eigenvalue weighted by Crippen LogP contribution is -2.38. The van der Waals surface area contributed by atoms with Gasteiger partial charge in [-0.3, -0.25) is 9.89 Å². The van der Waals surface area contributed by atoms with Gasteiger partial charge in [-0.05, 0) is 41.0 Å². The molecule has 1 saturated heterocycles. The fraction of sp³-hybridized carbons (Fsp3) is 0.421. The first-order chi connectivity index (χ1) is 13.7. The predicted molar refractivity (Wildman–Crippen MR) is 102 cm³/mol. The number of piperidine rings is 1. The Morgan fingerprint density at radius 1 is 1.32 bits per heavy atom. The van der Waals surface area contributed by atoms with E-state index in [2.05, 4.69) is 31.8 Å². The second-order valence-electron chi connectivity index (χ2n) is 6.91. The highest BCUT2D eigenvalue weighted by molar-refractivity contribution is 5.76. The molecule has 4 rings (SSSR count). The van der Waals surface area contributed by atoms with Crippen LogP contribution in [0.15, 0.2) is 36.8 Å². The molecular weight excluding hydrogens is 358 g/mol. The van der Waals surface area contributed by atoms with E-state index in [0.717, 1.165) is 48.5 Å². The summed E-state index contributed by atoms with van der Waals surface area (Å²) in [6, 6.07) is 8.00.